The highest BCUT2D eigenvalue weighted by molar-refractivity contribution is 5.91. The molecule has 0 aliphatic rings. The fourth-order valence-electron chi connectivity index (χ4n) is 2.43. The predicted molar refractivity (Wildman–Crippen MR) is 82.0 cm³/mol. The van der Waals surface area contributed by atoms with E-state index >= 15 is 0 Å². The number of carbonyl (C=O) groups excluding carboxylic acids is 1. The number of hydrogen-bond acceptors (Lipinski definition) is 4. The molecule has 112 valence electrons. The summed E-state index contributed by atoms with van der Waals surface area (Å²) < 4.78 is 12.2. The molecule has 0 spiro atoms. The smallest absolute Gasteiger partial charge is 0.355 e. The van der Waals surface area contributed by atoms with Gasteiger partial charge in [-0.25, -0.2) is 4.79 Å². The number of esters is 1. The van der Waals surface area contributed by atoms with Crippen LogP contribution in [-0.4, -0.2) is 17.1 Å². The zero-order valence-corrected chi connectivity index (χ0v) is 12.1. The summed E-state index contributed by atoms with van der Waals surface area (Å²) in [5.41, 5.74) is 0.700. The van der Waals surface area contributed by atoms with E-state index in [1.165, 1.54) is 6.07 Å². The minimum Gasteiger partial charge on any atom is -0.467 e. The number of furan rings is 1. The standard InChI is InChI=1S/C17H15NO4/c1-2-21-17(20)15-10-16(19)13-7-3-4-8-14(13)18(15)11-12-6-5-9-22-12/h3-10H,2,11H2,1H3. The van der Waals surface area contributed by atoms with Gasteiger partial charge in [0.1, 0.15) is 11.5 Å². The highest BCUT2D eigenvalue weighted by Crippen LogP contribution is 2.16. The average Bonchev–Trinajstić information content (AvgIpc) is 3.03. The van der Waals surface area contributed by atoms with E-state index < -0.39 is 5.97 Å². The molecule has 0 atom stereocenters. The minimum absolute atomic E-state index is 0.200. The third kappa shape index (κ3) is 2.53. The monoisotopic (exact) mass is 297 g/mol. The number of fused-ring (bicyclic) bond motifs is 1. The number of ether oxygens (including phenoxy) is 1. The van der Waals surface area contributed by atoms with Crippen LogP contribution in [0.5, 0.6) is 0 Å². The van der Waals surface area contributed by atoms with E-state index in [9.17, 15) is 9.59 Å². The lowest BCUT2D eigenvalue weighted by Gasteiger charge is -2.14. The number of pyridine rings is 1. The van der Waals surface area contributed by atoms with Crippen LogP contribution in [0.15, 0.2) is 57.9 Å². The first-order chi connectivity index (χ1) is 10.7. The molecule has 2 aromatic heterocycles. The van der Waals surface area contributed by atoms with Crippen molar-refractivity contribution >= 4 is 16.9 Å². The molecule has 2 heterocycles. The average molecular weight is 297 g/mol. The molecule has 3 aromatic rings. The Kier molecular flexibility index (Phi) is 3.78. The molecule has 1 aromatic carbocycles. The molecule has 22 heavy (non-hydrogen) atoms. The van der Waals surface area contributed by atoms with E-state index in [4.69, 9.17) is 9.15 Å². The summed E-state index contributed by atoms with van der Waals surface area (Å²) in [6, 6.07) is 12.1. The Labute approximate surface area is 126 Å². The highest BCUT2D eigenvalue weighted by atomic mass is 16.5. The van der Waals surface area contributed by atoms with Crippen LogP contribution in [0.3, 0.4) is 0 Å². The molecule has 5 heteroatoms. The second kappa shape index (κ2) is 5.89. The van der Waals surface area contributed by atoms with E-state index in [-0.39, 0.29) is 17.7 Å². The van der Waals surface area contributed by atoms with Gasteiger partial charge in [-0.1, -0.05) is 12.1 Å². The molecule has 0 unspecified atom stereocenters. The van der Waals surface area contributed by atoms with Gasteiger partial charge in [0.05, 0.1) is 24.9 Å². The molecule has 0 saturated heterocycles. The molecule has 5 nitrogen and oxygen atoms in total. The van der Waals surface area contributed by atoms with Crippen LogP contribution in [0, 0.1) is 0 Å². The van der Waals surface area contributed by atoms with E-state index in [2.05, 4.69) is 0 Å². The number of aromatic nitrogens is 1. The molecule has 0 N–H and O–H groups in total. The SMILES string of the molecule is CCOC(=O)c1cc(=O)c2ccccc2n1Cc1ccco1. The lowest BCUT2D eigenvalue weighted by Crippen LogP contribution is -2.20. The molecule has 0 aliphatic heterocycles. The van der Waals surface area contributed by atoms with E-state index in [1.807, 2.05) is 18.2 Å². The topological polar surface area (TPSA) is 61.4 Å². The van der Waals surface area contributed by atoms with Gasteiger partial charge >= 0.3 is 5.97 Å². The highest BCUT2D eigenvalue weighted by Gasteiger charge is 2.17. The summed E-state index contributed by atoms with van der Waals surface area (Å²) in [6.45, 7) is 2.33. The van der Waals surface area contributed by atoms with Gasteiger partial charge in [-0.05, 0) is 31.2 Å². The largest absolute Gasteiger partial charge is 0.467 e. The van der Waals surface area contributed by atoms with E-state index in [0.717, 1.165) is 0 Å². The minimum atomic E-state index is -0.517. The van der Waals surface area contributed by atoms with Crippen molar-refractivity contribution in [1.82, 2.24) is 4.57 Å². The first-order valence-electron chi connectivity index (χ1n) is 7.03. The maximum Gasteiger partial charge on any atom is 0.355 e. The van der Waals surface area contributed by atoms with Gasteiger partial charge in [0.15, 0.2) is 5.43 Å². The summed E-state index contributed by atoms with van der Waals surface area (Å²) in [6.07, 6.45) is 1.57. The summed E-state index contributed by atoms with van der Waals surface area (Å²) >= 11 is 0. The van der Waals surface area contributed by atoms with Crippen LogP contribution in [-0.2, 0) is 11.3 Å². The first kappa shape index (κ1) is 14.1. The number of nitrogens with zero attached hydrogens (tertiary/aromatic N) is 1. The van der Waals surface area contributed by atoms with Crippen LogP contribution in [0.1, 0.15) is 23.2 Å². The first-order valence-corrected chi connectivity index (χ1v) is 7.03. The second-order valence-corrected chi connectivity index (χ2v) is 4.80. The lowest BCUT2D eigenvalue weighted by atomic mass is 10.1. The zero-order chi connectivity index (χ0) is 15.5. The number of para-hydroxylation sites is 1. The molecular weight excluding hydrogens is 282 g/mol. The van der Waals surface area contributed by atoms with Crippen LogP contribution in [0.25, 0.3) is 10.9 Å². The van der Waals surface area contributed by atoms with Gasteiger partial charge in [-0.3, -0.25) is 4.79 Å². The zero-order valence-electron chi connectivity index (χ0n) is 12.1. The molecule has 0 radical (unpaired) electrons. The van der Waals surface area contributed by atoms with E-state index in [0.29, 0.717) is 23.2 Å². The van der Waals surface area contributed by atoms with Crippen LogP contribution < -0.4 is 5.43 Å². The fraction of sp³-hybridized carbons (Fsp3) is 0.176. The molecule has 0 aliphatic carbocycles. The van der Waals surface area contributed by atoms with Crippen molar-refractivity contribution in [3.05, 3.63) is 70.4 Å². The Bertz CT molecular complexity index is 862. The van der Waals surface area contributed by atoms with Crippen molar-refractivity contribution in [2.45, 2.75) is 13.5 Å². The Balaban J connectivity index is 2.23. The molecular formula is C17H15NO4. The Hall–Kier alpha value is -2.82. The molecule has 0 bridgehead atoms. The quantitative estimate of drug-likeness (QED) is 0.695. The Morgan fingerprint density at radius 1 is 1.23 bits per heavy atom. The molecule has 0 amide bonds. The Morgan fingerprint density at radius 2 is 2.05 bits per heavy atom. The maximum atomic E-state index is 12.2. The van der Waals surface area contributed by atoms with Gasteiger partial charge in [-0.15, -0.1) is 0 Å². The normalized spacial score (nSPS) is 10.8. The van der Waals surface area contributed by atoms with Crippen molar-refractivity contribution < 1.29 is 13.9 Å². The van der Waals surface area contributed by atoms with Crippen LogP contribution in [0.4, 0.5) is 0 Å². The predicted octanol–water partition coefficient (Wildman–Crippen LogP) is 2.82. The van der Waals surface area contributed by atoms with Crippen LogP contribution >= 0.6 is 0 Å². The van der Waals surface area contributed by atoms with Gasteiger partial charge in [0, 0.05) is 11.5 Å². The van der Waals surface area contributed by atoms with Gasteiger partial charge in [-0.2, -0.15) is 0 Å². The Morgan fingerprint density at radius 3 is 2.77 bits per heavy atom. The van der Waals surface area contributed by atoms with Crippen LogP contribution in [0.2, 0.25) is 0 Å². The summed E-state index contributed by atoms with van der Waals surface area (Å²) in [7, 11) is 0. The summed E-state index contributed by atoms with van der Waals surface area (Å²) in [5.74, 6) is 0.177. The molecule has 0 fully saturated rings. The third-order valence-corrected chi connectivity index (χ3v) is 3.40. The van der Waals surface area contributed by atoms with Crippen molar-refractivity contribution in [2.75, 3.05) is 6.61 Å². The molecule has 0 saturated carbocycles. The van der Waals surface area contributed by atoms with Crippen molar-refractivity contribution in [3.8, 4) is 0 Å². The maximum absolute atomic E-state index is 12.2. The van der Waals surface area contributed by atoms with Gasteiger partial charge < -0.3 is 13.7 Å². The van der Waals surface area contributed by atoms with Gasteiger partial charge in [0.25, 0.3) is 0 Å². The molecule has 3 rings (SSSR count). The van der Waals surface area contributed by atoms with E-state index in [1.54, 1.807) is 36.0 Å². The number of benzene rings is 1. The van der Waals surface area contributed by atoms with Crippen molar-refractivity contribution in [2.24, 2.45) is 0 Å². The van der Waals surface area contributed by atoms with Gasteiger partial charge in [0.2, 0.25) is 0 Å². The van der Waals surface area contributed by atoms with Crippen molar-refractivity contribution in [1.29, 1.82) is 0 Å². The van der Waals surface area contributed by atoms with Crippen molar-refractivity contribution in [3.63, 3.8) is 0 Å². The third-order valence-electron chi connectivity index (χ3n) is 3.40. The summed E-state index contributed by atoms with van der Waals surface area (Å²) in [4.78, 5) is 24.4. The second-order valence-electron chi connectivity index (χ2n) is 4.80. The number of rotatable bonds is 4. The number of carbonyl (C=O) groups is 1. The fourth-order valence-corrected chi connectivity index (χ4v) is 2.43. The number of hydrogen-bond donors (Lipinski definition) is 0. The summed E-state index contributed by atoms with van der Waals surface area (Å²) in [5, 5.41) is 0.558. The lowest BCUT2D eigenvalue weighted by molar-refractivity contribution is 0.0514.